The van der Waals surface area contributed by atoms with E-state index < -0.39 is 10.0 Å². The number of hydrogen-bond acceptors (Lipinski definition) is 3. The van der Waals surface area contributed by atoms with Crippen LogP contribution in [0, 0.1) is 6.92 Å². The Morgan fingerprint density at radius 1 is 1.39 bits per heavy atom. The topological polar surface area (TPSA) is 57.6 Å². The van der Waals surface area contributed by atoms with Crippen molar-refractivity contribution in [2.75, 3.05) is 23.2 Å². The molecule has 1 N–H and O–H groups in total. The minimum absolute atomic E-state index is 0.0107. The number of rotatable bonds is 4. The number of hydrogen-bond donors (Lipinski definition) is 1. The fourth-order valence-corrected chi connectivity index (χ4v) is 3.94. The summed E-state index contributed by atoms with van der Waals surface area (Å²) < 4.78 is 25.9. The number of sulfonamides is 1. The maximum Gasteiger partial charge on any atom is 0.235 e. The summed E-state index contributed by atoms with van der Waals surface area (Å²) in [6.45, 7) is 2.47. The monoisotopic (exact) mass is 269 g/mol. The normalized spacial score (nSPS) is 15.6. The van der Waals surface area contributed by atoms with Crippen molar-refractivity contribution in [1.29, 1.82) is 0 Å². The van der Waals surface area contributed by atoms with E-state index >= 15 is 0 Å². The van der Waals surface area contributed by atoms with E-state index in [1.807, 2.05) is 19.1 Å². The second-order valence-corrected chi connectivity index (χ2v) is 6.71. The number of benzene rings is 1. The van der Waals surface area contributed by atoms with Crippen molar-refractivity contribution in [2.24, 2.45) is 0 Å². The number of aryl methyl sites for hydroxylation is 2. The molecule has 0 aromatic heterocycles. The lowest BCUT2D eigenvalue weighted by Crippen LogP contribution is -2.37. The van der Waals surface area contributed by atoms with E-state index in [1.165, 1.54) is 4.31 Å². The first kappa shape index (κ1) is 13.4. The highest BCUT2D eigenvalue weighted by atomic mass is 32.2. The molecule has 0 fully saturated rings. The SMILES string of the molecule is Cc1ccc2c(c1)CCCN2S(=O)(=O)CCCO. The van der Waals surface area contributed by atoms with Crippen LogP contribution in [-0.4, -0.2) is 32.4 Å². The van der Waals surface area contributed by atoms with Crippen LogP contribution in [0.4, 0.5) is 5.69 Å². The fourth-order valence-electron chi connectivity index (χ4n) is 2.34. The molecule has 2 rings (SSSR count). The van der Waals surface area contributed by atoms with Gasteiger partial charge >= 0.3 is 0 Å². The Balaban J connectivity index is 2.33. The zero-order valence-electron chi connectivity index (χ0n) is 10.6. The van der Waals surface area contributed by atoms with Gasteiger partial charge in [-0.3, -0.25) is 4.31 Å². The van der Waals surface area contributed by atoms with Gasteiger partial charge in [0.25, 0.3) is 0 Å². The van der Waals surface area contributed by atoms with E-state index in [-0.39, 0.29) is 12.4 Å². The van der Waals surface area contributed by atoms with E-state index in [4.69, 9.17) is 5.11 Å². The largest absolute Gasteiger partial charge is 0.396 e. The maximum absolute atomic E-state index is 12.2. The standard InChI is InChI=1S/C13H19NO3S/c1-11-5-6-13-12(10-11)4-2-7-14(13)18(16,17)9-3-8-15/h5-6,10,15H,2-4,7-9H2,1H3. The van der Waals surface area contributed by atoms with Gasteiger partial charge in [0.15, 0.2) is 0 Å². The van der Waals surface area contributed by atoms with Gasteiger partial charge in [-0.2, -0.15) is 0 Å². The molecular weight excluding hydrogens is 250 g/mol. The summed E-state index contributed by atoms with van der Waals surface area (Å²) in [7, 11) is -3.30. The molecule has 0 aliphatic carbocycles. The third-order valence-electron chi connectivity index (χ3n) is 3.21. The number of aliphatic hydroxyl groups is 1. The summed E-state index contributed by atoms with van der Waals surface area (Å²) in [5, 5.41) is 8.78. The van der Waals surface area contributed by atoms with Gasteiger partial charge in [0.1, 0.15) is 0 Å². The van der Waals surface area contributed by atoms with E-state index in [0.717, 1.165) is 29.7 Å². The van der Waals surface area contributed by atoms with Crippen molar-refractivity contribution in [3.63, 3.8) is 0 Å². The molecule has 0 saturated carbocycles. The average molecular weight is 269 g/mol. The van der Waals surface area contributed by atoms with Crippen LogP contribution in [0.3, 0.4) is 0 Å². The molecule has 0 saturated heterocycles. The molecule has 0 unspecified atom stereocenters. The van der Waals surface area contributed by atoms with Crippen LogP contribution in [0.5, 0.6) is 0 Å². The minimum atomic E-state index is -3.30. The molecule has 4 nitrogen and oxygen atoms in total. The van der Waals surface area contributed by atoms with Crippen molar-refractivity contribution in [3.8, 4) is 0 Å². The van der Waals surface area contributed by atoms with Crippen molar-refractivity contribution in [1.82, 2.24) is 0 Å². The predicted molar refractivity (Wildman–Crippen MR) is 72.3 cm³/mol. The summed E-state index contributed by atoms with van der Waals surface area (Å²) in [5.41, 5.74) is 3.07. The van der Waals surface area contributed by atoms with Gasteiger partial charge in [0.05, 0.1) is 11.4 Å². The molecule has 1 heterocycles. The van der Waals surface area contributed by atoms with Crippen LogP contribution >= 0.6 is 0 Å². The van der Waals surface area contributed by atoms with E-state index in [9.17, 15) is 8.42 Å². The second-order valence-electron chi connectivity index (χ2n) is 4.70. The van der Waals surface area contributed by atoms with E-state index in [0.29, 0.717) is 13.0 Å². The zero-order valence-corrected chi connectivity index (χ0v) is 11.4. The third-order valence-corrected chi connectivity index (χ3v) is 5.06. The van der Waals surface area contributed by atoms with Crippen molar-refractivity contribution in [3.05, 3.63) is 29.3 Å². The highest BCUT2D eigenvalue weighted by Crippen LogP contribution is 2.30. The maximum atomic E-state index is 12.2. The second kappa shape index (κ2) is 5.28. The van der Waals surface area contributed by atoms with Gasteiger partial charge in [-0.15, -0.1) is 0 Å². The van der Waals surface area contributed by atoms with Crippen LogP contribution in [0.2, 0.25) is 0 Å². The number of anilines is 1. The van der Waals surface area contributed by atoms with Crippen LogP contribution < -0.4 is 4.31 Å². The van der Waals surface area contributed by atoms with Crippen LogP contribution in [-0.2, 0) is 16.4 Å². The number of fused-ring (bicyclic) bond motifs is 1. The van der Waals surface area contributed by atoms with Crippen molar-refractivity contribution < 1.29 is 13.5 Å². The smallest absolute Gasteiger partial charge is 0.235 e. The lowest BCUT2D eigenvalue weighted by molar-refractivity contribution is 0.295. The van der Waals surface area contributed by atoms with Crippen molar-refractivity contribution >= 4 is 15.7 Å². The quantitative estimate of drug-likeness (QED) is 0.900. The summed E-state index contributed by atoms with van der Waals surface area (Å²) in [6.07, 6.45) is 2.08. The van der Waals surface area contributed by atoms with Gasteiger partial charge in [-0.1, -0.05) is 17.7 Å². The first-order chi connectivity index (χ1) is 8.54. The third kappa shape index (κ3) is 2.67. The lowest BCUT2D eigenvalue weighted by Gasteiger charge is -2.30. The molecule has 1 aromatic rings. The highest BCUT2D eigenvalue weighted by molar-refractivity contribution is 7.92. The average Bonchev–Trinajstić information content (AvgIpc) is 2.35. The first-order valence-corrected chi connectivity index (χ1v) is 7.86. The molecule has 5 heteroatoms. The van der Waals surface area contributed by atoms with Crippen LogP contribution in [0.15, 0.2) is 18.2 Å². The molecule has 18 heavy (non-hydrogen) atoms. The Morgan fingerprint density at radius 3 is 2.89 bits per heavy atom. The molecular formula is C13H19NO3S. The predicted octanol–water partition coefficient (Wildman–Crippen LogP) is 1.46. The number of aliphatic hydroxyl groups excluding tert-OH is 1. The molecule has 0 atom stereocenters. The molecule has 0 radical (unpaired) electrons. The Morgan fingerprint density at radius 2 is 2.17 bits per heavy atom. The van der Waals surface area contributed by atoms with Crippen molar-refractivity contribution in [2.45, 2.75) is 26.2 Å². The summed E-state index contributed by atoms with van der Waals surface area (Å²) >= 11 is 0. The molecule has 1 aromatic carbocycles. The molecule has 1 aliphatic rings. The minimum Gasteiger partial charge on any atom is -0.396 e. The Hall–Kier alpha value is -1.07. The molecule has 100 valence electrons. The van der Waals surface area contributed by atoms with Gasteiger partial charge in [0.2, 0.25) is 10.0 Å². The fraction of sp³-hybridized carbons (Fsp3) is 0.538. The van der Waals surface area contributed by atoms with Gasteiger partial charge in [-0.05, 0) is 37.8 Å². The van der Waals surface area contributed by atoms with Gasteiger partial charge < -0.3 is 5.11 Å². The molecule has 0 spiro atoms. The van der Waals surface area contributed by atoms with Gasteiger partial charge in [-0.25, -0.2) is 8.42 Å². The summed E-state index contributed by atoms with van der Waals surface area (Å²) in [5.74, 6) is 0.0107. The Labute approximate surface area is 108 Å². The van der Waals surface area contributed by atoms with E-state index in [1.54, 1.807) is 0 Å². The number of nitrogens with zero attached hydrogens (tertiary/aromatic N) is 1. The Bertz CT molecular complexity index is 525. The van der Waals surface area contributed by atoms with E-state index in [2.05, 4.69) is 6.07 Å². The Kier molecular flexibility index (Phi) is 3.92. The molecule has 1 aliphatic heterocycles. The van der Waals surface area contributed by atoms with Crippen LogP contribution in [0.25, 0.3) is 0 Å². The zero-order chi connectivity index (χ0) is 13.2. The van der Waals surface area contributed by atoms with Crippen LogP contribution in [0.1, 0.15) is 24.0 Å². The summed E-state index contributed by atoms with van der Waals surface area (Å²) in [6, 6.07) is 5.89. The lowest BCUT2D eigenvalue weighted by atomic mass is 10.0. The molecule has 0 bridgehead atoms. The highest BCUT2D eigenvalue weighted by Gasteiger charge is 2.26. The molecule has 0 amide bonds. The summed E-state index contributed by atoms with van der Waals surface area (Å²) in [4.78, 5) is 0. The van der Waals surface area contributed by atoms with Gasteiger partial charge in [0, 0.05) is 13.2 Å². The first-order valence-electron chi connectivity index (χ1n) is 6.25.